The van der Waals surface area contributed by atoms with Crippen LogP contribution in [0.1, 0.15) is 23.2 Å². The lowest BCUT2D eigenvalue weighted by molar-refractivity contribution is 0.0309. The van der Waals surface area contributed by atoms with E-state index < -0.39 is 34.5 Å². The van der Waals surface area contributed by atoms with Gasteiger partial charge in [-0.05, 0) is 36.5 Å². The van der Waals surface area contributed by atoms with E-state index in [1.807, 2.05) is 0 Å². The van der Waals surface area contributed by atoms with E-state index in [1.54, 1.807) is 11.8 Å². The van der Waals surface area contributed by atoms with Gasteiger partial charge in [0.2, 0.25) is 0 Å². The topological polar surface area (TPSA) is 49.3 Å². The van der Waals surface area contributed by atoms with Crippen LogP contribution >= 0.6 is 11.8 Å². The number of thioether (sulfide) groups is 1. The highest BCUT2D eigenvalue weighted by Gasteiger charge is 2.31. The van der Waals surface area contributed by atoms with E-state index >= 15 is 0 Å². The molecule has 2 rings (SSSR count). The predicted octanol–water partition coefficient (Wildman–Crippen LogP) is 2.09. The monoisotopic (exact) mass is 305 g/mol. The second-order valence-electron chi connectivity index (χ2n) is 4.74. The van der Waals surface area contributed by atoms with Crippen molar-refractivity contribution in [2.45, 2.75) is 18.4 Å². The summed E-state index contributed by atoms with van der Waals surface area (Å²) in [6, 6.07) is 1.31. The SMILES string of the molecule is O=C(NCC1(O)CCSCC1)c1c(F)ccc(F)c1F. The summed E-state index contributed by atoms with van der Waals surface area (Å²) in [5, 5.41) is 12.4. The molecule has 2 N–H and O–H groups in total. The van der Waals surface area contributed by atoms with Gasteiger partial charge in [0, 0.05) is 6.54 Å². The van der Waals surface area contributed by atoms with Crippen molar-refractivity contribution in [2.75, 3.05) is 18.1 Å². The third-order valence-electron chi connectivity index (χ3n) is 3.27. The van der Waals surface area contributed by atoms with Crippen molar-refractivity contribution >= 4 is 17.7 Å². The van der Waals surface area contributed by atoms with Crippen LogP contribution in [0.2, 0.25) is 0 Å². The molecule has 20 heavy (non-hydrogen) atoms. The van der Waals surface area contributed by atoms with Gasteiger partial charge in [0.25, 0.3) is 5.91 Å². The number of carbonyl (C=O) groups excluding carboxylic acids is 1. The normalized spacial score (nSPS) is 17.8. The van der Waals surface area contributed by atoms with E-state index in [9.17, 15) is 23.1 Å². The fourth-order valence-corrected chi connectivity index (χ4v) is 3.25. The molecule has 1 fully saturated rings. The van der Waals surface area contributed by atoms with Crippen molar-refractivity contribution in [3.05, 3.63) is 35.1 Å². The molecule has 7 heteroatoms. The minimum Gasteiger partial charge on any atom is -0.388 e. The fraction of sp³-hybridized carbons (Fsp3) is 0.462. The molecule has 0 unspecified atom stereocenters. The van der Waals surface area contributed by atoms with E-state index in [2.05, 4.69) is 5.32 Å². The van der Waals surface area contributed by atoms with E-state index in [0.717, 1.165) is 11.5 Å². The largest absolute Gasteiger partial charge is 0.388 e. The van der Waals surface area contributed by atoms with Crippen LogP contribution < -0.4 is 5.32 Å². The van der Waals surface area contributed by atoms with Crippen LogP contribution in [0.5, 0.6) is 0 Å². The van der Waals surface area contributed by atoms with E-state index in [-0.39, 0.29) is 6.54 Å². The van der Waals surface area contributed by atoms with E-state index in [1.165, 1.54) is 0 Å². The van der Waals surface area contributed by atoms with Gasteiger partial charge in [-0.2, -0.15) is 11.8 Å². The lowest BCUT2D eigenvalue weighted by Crippen LogP contribution is -2.45. The summed E-state index contributed by atoms with van der Waals surface area (Å²) in [7, 11) is 0. The fourth-order valence-electron chi connectivity index (χ4n) is 2.00. The molecule has 0 spiro atoms. The first kappa shape index (κ1) is 15.2. The predicted molar refractivity (Wildman–Crippen MR) is 70.2 cm³/mol. The van der Waals surface area contributed by atoms with Crippen LogP contribution in [0.3, 0.4) is 0 Å². The van der Waals surface area contributed by atoms with Crippen molar-refractivity contribution < 1.29 is 23.1 Å². The maximum atomic E-state index is 13.4. The number of carbonyl (C=O) groups is 1. The molecule has 1 heterocycles. The third-order valence-corrected chi connectivity index (χ3v) is 4.26. The van der Waals surface area contributed by atoms with Gasteiger partial charge in [-0.1, -0.05) is 0 Å². The number of nitrogens with one attached hydrogen (secondary N) is 1. The van der Waals surface area contributed by atoms with Gasteiger partial charge < -0.3 is 10.4 Å². The lowest BCUT2D eigenvalue weighted by Gasteiger charge is -2.31. The molecule has 0 radical (unpaired) electrons. The van der Waals surface area contributed by atoms with Crippen molar-refractivity contribution in [1.29, 1.82) is 0 Å². The number of aliphatic hydroxyl groups is 1. The number of halogens is 3. The molecule has 1 saturated heterocycles. The number of amides is 1. The lowest BCUT2D eigenvalue weighted by atomic mass is 9.96. The van der Waals surface area contributed by atoms with Crippen LogP contribution in [0.25, 0.3) is 0 Å². The van der Waals surface area contributed by atoms with Gasteiger partial charge in [0.1, 0.15) is 11.4 Å². The summed E-state index contributed by atoms with van der Waals surface area (Å²) in [6.45, 7) is -0.109. The maximum absolute atomic E-state index is 13.4. The number of rotatable bonds is 3. The zero-order valence-corrected chi connectivity index (χ0v) is 11.4. The first-order valence-corrected chi connectivity index (χ1v) is 7.30. The molecule has 0 saturated carbocycles. The van der Waals surface area contributed by atoms with Crippen molar-refractivity contribution in [3.63, 3.8) is 0 Å². The molecular formula is C13H14F3NO2S. The summed E-state index contributed by atoms with van der Waals surface area (Å²) < 4.78 is 39.9. The number of hydrogen-bond donors (Lipinski definition) is 2. The molecule has 0 aromatic heterocycles. The van der Waals surface area contributed by atoms with Crippen LogP contribution in [-0.2, 0) is 0 Å². The van der Waals surface area contributed by atoms with Crippen molar-refractivity contribution in [3.8, 4) is 0 Å². The molecule has 3 nitrogen and oxygen atoms in total. The second kappa shape index (κ2) is 6.05. The molecule has 0 aliphatic carbocycles. The highest BCUT2D eigenvalue weighted by molar-refractivity contribution is 7.99. The zero-order valence-electron chi connectivity index (χ0n) is 10.6. The molecular weight excluding hydrogens is 291 g/mol. The summed E-state index contributed by atoms with van der Waals surface area (Å²) >= 11 is 1.69. The zero-order chi connectivity index (χ0) is 14.8. The quantitative estimate of drug-likeness (QED) is 0.841. The Balaban J connectivity index is 2.07. The van der Waals surface area contributed by atoms with Crippen LogP contribution in [0.4, 0.5) is 13.2 Å². The van der Waals surface area contributed by atoms with Gasteiger partial charge in [0.05, 0.1) is 5.60 Å². The van der Waals surface area contributed by atoms with E-state index in [0.29, 0.717) is 25.0 Å². The van der Waals surface area contributed by atoms with Gasteiger partial charge in [-0.3, -0.25) is 4.79 Å². The Bertz CT molecular complexity index is 519. The molecule has 110 valence electrons. The molecule has 1 aliphatic heterocycles. The van der Waals surface area contributed by atoms with Gasteiger partial charge >= 0.3 is 0 Å². The average molecular weight is 305 g/mol. The van der Waals surface area contributed by atoms with Crippen LogP contribution in [0, 0.1) is 17.5 Å². The molecule has 0 atom stereocenters. The average Bonchev–Trinajstić information content (AvgIpc) is 2.42. The Morgan fingerprint density at radius 2 is 1.85 bits per heavy atom. The molecule has 1 aromatic carbocycles. The number of hydrogen-bond acceptors (Lipinski definition) is 3. The summed E-state index contributed by atoms with van der Waals surface area (Å²) in [5.41, 5.74) is -2.03. The Labute approximate surface area is 118 Å². The minimum atomic E-state index is -1.52. The molecule has 1 amide bonds. The Morgan fingerprint density at radius 3 is 2.50 bits per heavy atom. The molecule has 1 aliphatic rings. The standard InChI is InChI=1S/C13H14F3NO2S/c14-8-1-2-9(15)11(16)10(8)12(18)17-7-13(19)3-5-20-6-4-13/h1-2,19H,3-7H2,(H,17,18). The van der Waals surface area contributed by atoms with Gasteiger partial charge in [0.15, 0.2) is 11.6 Å². The van der Waals surface area contributed by atoms with Crippen molar-refractivity contribution in [1.82, 2.24) is 5.32 Å². The first-order chi connectivity index (χ1) is 9.43. The van der Waals surface area contributed by atoms with Gasteiger partial charge in [-0.15, -0.1) is 0 Å². The molecule has 0 bridgehead atoms. The Hall–Kier alpha value is -1.21. The first-order valence-electron chi connectivity index (χ1n) is 6.15. The molecule has 1 aromatic rings. The Morgan fingerprint density at radius 1 is 1.25 bits per heavy atom. The summed E-state index contributed by atoms with van der Waals surface area (Å²) in [6.07, 6.45) is 0.984. The maximum Gasteiger partial charge on any atom is 0.257 e. The van der Waals surface area contributed by atoms with Gasteiger partial charge in [-0.25, -0.2) is 13.2 Å². The highest BCUT2D eigenvalue weighted by atomic mass is 32.2. The highest BCUT2D eigenvalue weighted by Crippen LogP contribution is 2.26. The smallest absolute Gasteiger partial charge is 0.257 e. The minimum absolute atomic E-state index is 0.109. The second-order valence-corrected chi connectivity index (χ2v) is 5.96. The Kier molecular flexibility index (Phi) is 4.59. The summed E-state index contributed by atoms with van der Waals surface area (Å²) in [5.74, 6) is -3.49. The van der Waals surface area contributed by atoms with Crippen LogP contribution in [-0.4, -0.2) is 34.7 Å². The third kappa shape index (κ3) is 3.27. The number of benzene rings is 1. The van der Waals surface area contributed by atoms with E-state index in [4.69, 9.17) is 0 Å². The van der Waals surface area contributed by atoms with Crippen LogP contribution in [0.15, 0.2) is 12.1 Å². The summed E-state index contributed by atoms with van der Waals surface area (Å²) in [4.78, 5) is 11.7. The van der Waals surface area contributed by atoms with Crippen molar-refractivity contribution in [2.24, 2.45) is 0 Å².